The molecule has 1 amide bonds. The molecule has 0 spiro atoms. The molecule has 0 aliphatic heterocycles. The van der Waals surface area contributed by atoms with Gasteiger partial charge in [-0.25, -0.2) is 4.79 Å². The van der Waals surface area contributed by atoms with E-state index in [4.69, 9.17) is 16.3 Å². The maximum absolute atomic E-state index is 12.1. The molecule has 0 bridgehead atoms. The number of amides is 1. The Balaban J connectivity index is 1.63. The number of fused-ring (bicyclic) bond motifs is 1. The Morgan fingerprint density at radius 1 is 1.09 bits per heavy atom. The summed E-state index contributed by atoms with van der Waals surface area (Å²) in [5.74, 6) is -1.01. The number of hydrogen-bond donors (Lipinski definition) is 2. The molecule has 116 valence electrons. The summed E-state index contributed by atoms with van der Waals surface area (Å²) in [6.07, 6.45) is 1.57. The molecule has 23 heavy (non-hydrogen) atoms. The van der Waals surface area contributed by atoms with Gasteiger partial charge in [0.25, 0.3) is 5.91 Å². The van der Waals surface area contributed by atoms with Crippen LogP contribution in [0.1, 0.15) is 10.4 Å². The van der Waals surface area contributed by atoms with Crippen LogP contribution in [-0.4, -0.2) is 23.5 Å². The summed E-state index contributed by atoms with van der Waals surface area (Å²) in [5.41, 5.74) is 1.70. The largest absolute Gasteiger partial charge is 0.452 e. The van der Waals surface area contributed by atoms with E-state index in [1.165, 1.54) is 0 Å². The van der Waals surface area contributed by atoms with Crippen molar-refractivity contribution in [2.45, 2.75) is 0 Å². The number of rotatable bonds is 4. The molecule has 6 heteroatoms. The average Bonchev–Trinajstić information content (AvgIpc) is 2.99. The van der Waals surface area contributed by atoms with Crippen LogP contribution in [0.25, 0.3) is 10.9 Å². The molecule has 3 aromatic rings. The van der Waals surface area contributed by atoms with Crippen molar-refractivity contribution >= 4 is 40.1 Å². The van der Waals surface area contributed by atoms with Crippen LogP contribution in [0, 0.1) is 0 Å². The van der Waals surface area contributed by atoms with E-state index >= 15 is 0 Å². The second kappa shape index (κ2) is 6.54. The number of benzene rings is 2. The number of anilines is 1. The van der Waals surface area contributed by atoms with Crippen LogP contribution in [0.3, 0.4) is 0 Å². The molecule has 3 rings (SSSR count). The monoisotopic (exact) mass is 328 g/mol. The Hall–Kier alpha value is -2.79. The zero-order chi connectivity index (χ0) is 16.2. The number of aromatic nitrogens is 1. The molecule has 2 N–H and O–H groups in total. The van der Waals surface area contributed by atoms with Crippen LogP contribution >= 0.6 is 11.6 Å². The van der Waals surface area contributed by atoms with Crippen LogP contribution < -0.4 is 5.32 Å². The third-order valence-corrected chi connectivity index (χ3v) is 3.62. The lowest BCUT2D eigenvalue weighted by Gasteiger charge is -2.07. The Kier molecular flexibility index (Phi) is 4.30. The number of para-hydroxylation sites is 2. The predicted octanol–water partition coefficient (Wildman–Crippen LogP) is 3.62. The quantitative estimate of drug-likeness (QED) is 0.719. The van der Waals surface area contributed by atoms with Gasteiger partial charge >= 0.3 is 5.97 Å². The molecule has 0 unspecified atom stereocenters. The maximum atomic E-state index is 12.1. The smallest absolute Gasteiger partial charge is 0.340 e. The van der Waals surface area contributed by atoms with E-state index in [0.29, 0.717) is 16.3 Å². The van der Waals surface area contributed by atoms with Crippen LogP contribution in [-0.2, 0) is 9.53 Å². The minimum absolute atomic E-state index is 0.385. The molecule has 0 radical (unpaired) electrons. The van der Waals surface area contributed by atoms with Crippen molar-refractivity contribution in [1.82, 2.24) is 4.98 Å². The Labute approximate surface area is 137 Å². The number of nitrogens with one attached hydrogen (secondary N) is 2. The molecule has 0 saturated heterocycles. The summed E-state index contributed by atoms with van der Waals surface area (Å²) < 4.78 is 5.05. The number of H-pyrrole nitrogens is 1. The normalized spacial score (nSPS) is 10.5. The maximum Gasteiger partial charge on any atom is 0.340 e. The standard InChI is InChI=1S/C17H13ClN2O3/c18-13-6-2-4-8-15(13)20-16(21)10-23-17(22)12-9-19-14-7-3-1-5-11(12)14/h1-9,19H,10H2,(H,20,21). The number of carbonyl (C=O) groups excluding carboxylic acids is 2. The van der Waals surface area contributed by atoms with Crippen molar-refractivity contribution in [3.05, 3.63) is 65.3 Å². The molecule has 0 aliphatic rings. The van der Waals surface area contributed by atoms with E-state index in [2.05, 4.69) is 10.3 Å². The number of hydrogen-bond acceptors (Lipinski definition) is 3. The first-order chi connectivity index (χ1) is 11.1. The lowest BCUT2D eigenvalue weighted by molar-refractivity contribution is -0.119. The van der Waals surface area contributed by atoms with Gasteiger partial charge in [-0.05, 0) is 18.2 Å². The molecular weight excluding hydrogens is 316 g/mol. The number of ether oxygens (including phenoxy) is 1. The highest BCUT2D eigenvalue weighted by molar-refractivity contribution is 6.33. The Morgan fingerprint density at radius 2 is 1.83 bits per heavy atom. The summed E-state index contributed by atoms with van der Waals surface area (Å²) in [6.45, 7) is -0.385. The van der Waals surface area contributed by atoms with Gasteiger partial charge in [-0.15, -0.1) is 0 Å². The zero-order valence-corrected chi connectivity index (χ0v) is 12.8. The number of halogens is 1. The third kappa shape index (κ3) is 3.35. The van der Waals surface area contributed by atoms with Gasteiger partial charge in [0.2, 0.25) is 0 Å². The van der Waals surface area contributed by atoms with Gasteiger partial charge in [0.05, 0.1) is 16.3 Å². The first-order valence-electron chi connectivity index (χ1n) is 6.93. The summed E-state index contributed by atoms with van der Waals surface area (Å²) in [7, 11) is 0. The van der Waals surface area contributed by atoms with Gasteiger partial charge in [-0.1, -0.05) is 41.9 Å². The first kappa shape index (κ1) is 15.1. The SMILES string of the molecule is O=C(COC(=O)c1c[nH]c2ccccc12)Nc1ccccc1Cl. The highest BCUT2D eigenvalue weighted by Gasteiger charge is 2.15. The highest BCUT2D eigenvalue weighted by Crippen LogP contribution is 2.21. The van der Waals surface area contributed by atoms with Crippen LogP contribution in [0.15, 0.2) is 54.7 Å². The highest BCUT2D eigenvalue weighted by atomic mass is 35.5. The predicted molar refractivity (Wildman–Crippen MR) is 88.7 cm³/mol. The molecule has 0 atom stereocenters. The van der Waals surface area contributed by atoms with Crippen LogP contribution in [0.5, 0.6) is 0 Å². The summed E-state index contributed by atoms with van der Waals surface area (Å²) >= 11 is 5.95. The van der Waals surface area contributed by atoms with Gasteiger partial charge in [-0.3, -0.25) is 4.79 Å². The topological polar surface area (TPSA) is 71.2 Å². The van der Waals surface area contributed by atoms with Crippen molar-refractivity contribution in [1.29, 1.82) is 0 Å². The number of esters is 1. The molecule has 1 aromatic heterocycles. The first-order valence-corrected chi connectivity index (χ1v) is 7.30. The minimum atomic E-state index is -0.559. The summed E-state index contributed by atoms with van der Waals surface area (Å²) in [5, 5.41) is 3.77. The second-order valence-electron chi connectivity index (χ2n) is 4.85. The molecular formula is C17H13ClN2O3. The average molecular weight is 329 g/mol. The van der Waals surface area contributed by atoms with Gasteiger partial charge in [0.1, 0.15) is 0 Å². The number of carbonyl (C=O) groups is 2. The van der Waals surface area contributed by atoms with E-state index in [9.17, 15) is 9.59 Å². The van der Waals surface area contributed by atoms with Crippen LogP contribution in [0.2, 0.25) is 5.02 Å². The molecule has 2 aromatic carbocycles. The van der Waals surface area contributed by atoms with E-state index in [-0.39, 0.29) is 6.61 Å². The Morgan fingerprint density at radius 3 is 2.65 bits per heavy atom. The molecule has 1 heterocycles. The van der Waals surface area contributed by atoms with E-state index in [0.717, 1.165) is 10.9 Å². The van der Waals surface area contributed by atoms with E-state index in [1.54, 1.807) is 30.5 Å². The van der Waals surface area contributed by atoms with Gasteiger partial charge in [-0.2, -0.15) is 0 Å². The zero-order valence-electron chi connectivity index (χ0n) is 12.0. The van der Waals surface area contributed by atoms with Crippen molar-refractivity contribution in [3.63, 3.8) is 0 Å². The molecule has 5 nitrogen and oxygen atoms in total. The summed E-state index contributed by atoms with van der Waals surface area (Å²) in [4.78, 5) is 26.9. The van der Waals surface area contributed by atoms with Gasteiger partial charge in [0, 0.05) is 17.1 Å². The van der Waals surface area contributed by atoms with E-state index < -0.39 is 11.9 Å². The Bertz CT molecular complexity index is 873. The van der Waals surface area contributed by atoms with E-state index in [1.807, 2.05) is 24.3 Å². The second-order valence-corrected chi connectivity index (χ2v) is 5.26. The van der Waals surface area contributed by atoms with Crippen LogP contribution in [0.4, 0.5) is 5.69 Å². The molecule has 0 saturated carbocycles. The van der Waals surface area contributed by atoms with Crippen molar-refractivity contribution in [2.75, 3.05) is 11.9 Å². The van der Waals surface area contributed by atoms with Crippen molar-refractivity contribution < 1.29 is 14.3 Å². The minimum Gasteiger partial charge on any atom is -0.452 e. The van der Waals surface area contributed by atoms with Gasteiger partial charge < -0.3 is 15.0 Å². The number of aromatic amines is 1. The summed E-state index contributed by atoms with van der Waals surface area (Å²) in [6, 6.07) is 14.2. The fourth-order valence-corrected chi connectivity index (χ4v) is 2.38. The third-order valence-electron chi connectivity index (χ3n) is 3.29. The lowest BCUT2D eigenvalue weighted by atomic mass is 10.2. The lowest BCUT2D eigenvalue weighted by Crippen LogP contribution is -2.21. The molecule has 0 fully saturated rings. The fourth-order valence-electron chi connectivity index (χ4n) is 2.20. The van der Waals surface area contributed by atoms with Gasteiger partial charge in [0.15, 0.2) is 6.61 Å². The fraction of sp³-hybridized carbons (Fsp3) is 0.0588. The molecule has 0 aliphatic carbocycles. The van der Waals surface area contributed by atoms with Crippen molar-refractivity contribution in [2.24, 2.45) is 0 Å². The van der Waals surface area contributed by atoms with Crippen molar-refractivity contribution in [3.8, 4) is 0 Å².